The Hall–Kier alpha value is -1.45. The van der Waals surface area contributed by atoms with Crippen LogP contribution in [0.2, 0.25) is 0 Å². The first-order valence-corrected chi connectivity index (χ1v) is 7.27. The van der Waals surface area contributed by atoms with Crippen LogP contribution in [0.3, 0.4) is 0 Å². The van der Waals surface area contributed by atoms with E-state index in [-0.39, 0.29) is 17.9 Å². The molecular formula is C16H19F2NO. The first kappa shape index (κ1) is 13.5. The summed E-state index contributed by atoms with van der Waals surface area (Å²) in [6.07, 6.45) is 6.52. The Kier molecular flexibility index (Phi) is 3.48. The first-order chi connectivity index (χ1) is 9.56. The van der Waals surface area contributed by atoms with Gasteiger partial charge in [0.1, 0.15) is 11.6 Å². The topological polar surface area (TPSA) is 29.1 Å². The van der Waals surface area contributed by atoms with Crippen molar-refractivity contribution in [3.8, 4) is 0 Å². The van der Waals surface area contributed by atoms with Crippen LogP contribution in [0.5, 0.6) is 0 Å². The maximum absolute atomic E-state index is 13.5. The van der Waals surface area contributed by atoms with Crippen LogP contribution in [0.4, 0.5) is 8.78 Å². The van der Waals surface area contributed by atoms with Gasteiger partial charge < -0.3 is 5.32 Å². The zero-order valence-electron chi connectivity index (χ0n) is 11.4. The van der Waals surface area contributed by atoms with Crippen LogP contribution in [-0.2, 0) is 11.3 Å². The van der Waals surface area contributed by atoms with E-state index in [1.165, 1.54) is 31.4 Å². The second-order valence-electron chi connectivity index (χ2n) is 6.34. The number of carbonyl (C=O) groups is 1. The second kappa shape index (κ2) is 5.15. The van der Waals surface area contributed by atoms with E-state index in [9.17, 15) is 13.6 Å². The number of halogens is 2. The number of hydrogen-bond donors (Lipinski definition) is 1. The molecule has 108 valence electrons. The lowest BCUT2D eigenvalue weighted by atomic mass is 9.81. The quantitative estimate of drug-likeness (QED) is 0.897. The zero-order chi connectivity index (χ0) is 14.2. The summed E-state index contributed by atoms with van der Waals surface area (Å²) < 4.78 is 26.3. The highest BCUT2D eigenvalue weighted by Gasteiger charge is 2.45. The van der Waals surface area contributed by atoms with Gasteiger partial charge in [0.25, 0.3) is 0 Å². The minimum absolute atomic E-state index is 0.0173. The van der Waals surface area contributed by atoms with Crippen LogP contribution in [0.15, 0.2) is 18.2 Å². The summed E-state index contributed by atoms with van der Waals surface area (Å²) in [5, 5.41) is 2.76. The second-order valence-corrected chi connectivity index (χ2v) is 6.34. The van der Waals surface area contributed by atoms with E-state index in [0.717, 1.165) is 24.8 Å². The molecule has 1 aromatic carbocycles. The summed E-state index contributed by atoms with van der Waals surface area (Å²) in [6, 6.07) is 3.44. The van der Waals surface area contributed by atoms with Gasteiger partial charge in [-0.25, -0.2) is 8.78 Å². The Morgan fingerprint density at radius 3 is 2.65 bits per heavy atom. The van der Waals surface area contributed by atoms with Gasteiger partial charge in [0.15, 0.2) is 0 Å². The molecule has 0 unspecified atom stereocenters. The number of fused-ring (bicyclic) bond motifs is 2. The van der Waals surface area contributed by atoms with Crippen molar-refractivity contribution in [2.24, 2.45) is 11.3 Å². The Balaban J connectivity index is 1.54. The van der Waals surface area contributed by atoms with Gasteiger partial charge in [-0.15, -0.1) is 0 Å². The molecule has 1 amide bonds. The molecule has 4 heteroatoms. The Labute approximate surface area is 117 Å². The number of rotatable bonds is 4. The molecule has 3 rings (SSSR count). The van der Waals surface area contributed by atoms with Crippen LogP contribution in [0.1, 0.15) is 44.1 Å². The van der Waals surface area contributed by atoms with Gasteiger partial charge in [-0.1, -0.05) is 6.07 Å². The molecule has 2 aliphatic rings. The Bertz CT molecular complexity index is 521. The molecule has 0 aromatic heterocycles. The third-order valence-electron chi connectivity index (χ3n) is 4.91. The molecule has 1 aromatic rings. The van der Waals surface area contributed by atoms with Crippen molar-refractivity contribution >= 4 is 5.91 Å². The molecule has 2 aliphatic carbocycles. The van der Waals surface area contributed by atoms with Crippen molar-refractivity contribution in [2.75, 3.05) is 0 Å². The number of amides is 1. The molecule has 2 bridgehead atoms. The SMILES string of the molecule is O=C(CC12CCC(CC1)C2)NCc1ccc(F)cc1F. The average molecular weight is 279 g/mol. The zero-order valence-corrected chi connectivity index (χ0v) is 11.4. The highest BCUT2D eigenvalue weighted by Crippen LogP contribution is 2.55. The van der Waals surface area contributed by atoms with Gasteiger partial charge in [-0.05, 0) is 49.5 Å². The van der Waals surface area contributed by atoms with Gasteiger partial charge in [0.2, 0.25) is 5.91 Å². The van der Waals surface area contributed by atoms with Crippen LogP contribution in [0, 0.1) is 23.0 Å². The van der Waals surface area contributed by atoms with Gasteiger partial charge >= 0.3 is 0 Å². The number of benzene rings is 1. The lowest BCUT2D eigenvalue weighted by Crippen LogP contribution is -2.29. The molecule has 20 heavy (non-hydrogen) atoms. The predicted octanol–water partition coefficient (Wildman–Crippen LogP) is 3.55. The molecule has 0 radical (unpaired) electrons. The standard InChI is InChI=1S/C16H19F2NO/c17-13-2-1-12(14(18)7-13)10-19-15(20)9-16-5-3-11(8-16)4-6-16/h1-2,7,11H,3-6,8-10H2,(H,19,20). The van der Waals surface area contributed by atoms with Crippen molar-refractivity contribution in [1.82, 2.24) is 5.32 Å². The highest BCUT2D eigenvalue weighted by atomic mass is 19.1. The predicted molar refractivity (Wildman–Crippen MR) is 71.8 cm³/mol. The van der Waals surface area contributed by atoms with E-state index < -0.39 is 11.6 Å². The fourth-order valence-electron chi connectivity index (χ4n) is 3.82. The molecule has 2 nitrogen and oxygen atoms in total. The Morgan fingerprint density at radius 1 is 1.30 bits per heavy atom. The van der Waals surface area contributed by atoms with E-state index in [2.05, 4.69) is 5.32 Å². The summed E-state index contributed by atoms with van der Waals surface area (Å²) in [5.41, 5.74) is 0.531. The molecular weight excluding hydrogens is 260 g/mol. The molecule has 0 spiro atoms. The maximum Gasteiger partial charge on any atom is 0.220 e. The minimum Gasteiger partial charge on any atom is -0.352 e. The minimum atomic E-state index is -0.606. The number of hydrogen-bond acceptors (Lipinski definition) is 1. The van der Waals surface area contributed by atoms with E-state index in [1.54, 1.807) is 0 Å². The largest absolute Gasteiger partial charge is 0.352 e. The van der Waals surface area contributed by atoms with E-state index in [4.69, 9.17) is 0 Å². The van der Waals surface area contributed by atoms with Crippen LogP contribution in [-0.4, -0.2) is 5.91 Å². The molecule has 0 atom stereocenters. The normalized spacial score (nSPS) is 27.8. The number of carbonyl (C=O) groups excluding carboxylic acids is 1. The molecule has 0 heterocycles. The summed E-state index contributed by atoms with van der Waals surface area (Å²) in [7, 11) is 0. The summed E-state index contributed by atoms with van der Waals surface area (Å²) in [5.74, 6) is -0.404. The van der Waals surface area contributed by atoms with Crippen molar-refractivity contribution in [3.63, 3.8) is 0 Å². The fraction of sp³-hybridized carbons (Fsp3) is 0.562. The van der Waals surface area contributed by atoms with Crippen molar-refractivity contribution in [2.45, 2.75) is 45.1 Å². The lowest BCUT2D eigenvalue weighted by molar-refractivity contribution is -0.123. The third kappa shape index (κ3) is 2.69. The first-order valence-electron chi connectivity index (χ1n) is 7.27. The fourth-order valence-corrected chi connectivity index (χ4v) is 3.82. The summed E-state index contributed by atoms with van der Waals surface area (Å²) in [4.78, 5) is 12.0. The van der Waals surface area contributed by atoms with E-state index >= 15 is 0 Å². The van der Waals surface area contributed by atoms with Gasteiger partial charge in [-0.3, -0.25) is 4.79 Å². The lowest BCUT2D eigenvalue weighted by Gasteiger charge is -2.25. The van der Waals surface area contributed by atoms with E-state index in [0.29, 0.717) is 12.0 Å². The number of nitrogens with one attached hydrogen (secondary N) is 1. The Morgan fingerprint density at radius 2 is 2.05 bits per heavy atom. The summed E-state index contributed by atoms with van der Waals surface area (Å²) >= 11 is 0. The van der Waals surface area contributed by atoms with Gasteiger partial charge in [-0.2, -0.15) is 0 Å². The van der Waals surface area contributed by atoms with Crippen LogP contribution < -0.4 is 5.32 Å². The molecule has 2 fully saturated rings. The summed E-state index contributed by atoms with van der Waals surface area (Å²) in [6.45, 7) is 0.129. The molecule has 1 N–H and O–H groups in total. The third-order valence-corrected chi connectivity index (χ3v) is 4.91. The maximum atomic E-state index is 13.5. The van der Waals surface area contributed by atoms with Gasteiger partial charge in [0, 0.05) is 24.6 Å². The molecule has 0 saturated heterocycles. The van der Waals surface area contributed by atoms with Gasteiger partial charge in [0.05, 0.1) is 0 Å². The van der Waals surface area contributed by atoms with E-state index in [1.807, 2.05) is 0 Å². The van der Waals surface area contributed by atoms with Crippen molar-refractivity contribution < 1.29 is 13.6 Å². The van der Waals surface area contributed by atoms with Crippen molar-refractivity contribution in [3.05, 3.63) is 35.4 Å². The monoisotopic (exact) mass is 279 g/mol. The average Bonchev–Trinajstić information content (AvgIpc) is 2.97. The van der Waals surface area contributed by atoms with Crippen molar-refractivity contribution in [1.29, 1.82) is 0 Å². The van der Waals surface area contributed by atoms with Crippen LogP contribution in [0.25, 0.3) is 0 Å². The van der Waals surface area contributed by atoms with Crippen LogP contribution >= 0.6 is 0 Å². The highest BCUT2D eigenvalue weighted by molar-refractivity contribution is 5.76. The smallest absolute Gasteiger partial charge is 0.220 e. The molecule has 2 saturated carbocycles. The molecule has 0 aliphatic heterocycles.